The van der Waals surface area contributed by atoms with Crippen LogP contribution in [0.3, 0.4) is 0 Å². The Labute approximate surface area is 135 Å². The molecule has 0 aliphatic carbocycles. The summed E-state index contributed by atoms with van der Waals surface area (Å²) in [5, 5.41) is 6.99. The molecule has 1 atom stereocenters. The van der Waals surface area contributed by atoms with Crippen LogP contribution in [0.2, 0.25) is 0 Å². The normalized spacial score (nSPS) is 12.3. The first kappa shape index (κ1) is 17.0. The molecule has 0 aliphatic heterocycles. The molecule has 0 bridgehead atoms. The highest BCUT2D eigenvalue weighted by molar-refractivity contribution is 5.93. The second-order valence-electron chi connectivity index (χ2n) is 5.62. The fourth-order valence-electron chi connectivity index (χ4n) is 2.16. The zero-order valence-corrected chi connectivity index (χ0v) is 13.8. The molecule has 1 heterocycles. The van der Waals surface area contributed by atoms with Gasteiger partial charge in [-0.25, -0.2) is 4.39 Å². The summed E-state index contributed by atoms with van der Waals surface area (Å²) in [7, 11) is 0. The van der Waals surface area contributed by atoms with E-state index in [1.807, 2.05) is 13.8 Å². The summed E-state index contributed by atoms with van der Waals surface area (Å²) in [6.45, 7) is 7.98. The van der Waals surface area contributed by atoms with Crippen molar-refractivity contribution in [2.24, 2.45) is 0 Å². The summed E-state index contributed by atoms with van der Waals surface area (Å²) >= 11 is 0. The van der Waals surface area contributed by atoms with Crippen molar-refractivity contribution in [1.82, 2.24) is 15.1 Å². The average Bonchev–Trinajstić information content (AvgIpc) is 2.99. The maximum atomic E-state index is 13.9. The van der Waals surface area contributed by atoms with Gasteiger partial charge in [0.1, 0.15) is 0 Å². The van der Waals surface area contributed by atoms with Gasteiger partial charge in [0.2, 0.25) is 0 Å². The number of nitrogens with zero attached hydrogens (tertiary/aromatic N) is 2. The van der Waals surface area contributed by atoms with Crippen LogP contribution in [0.1, 0.15) is 55.7 Å². The number of hydrogen-bond donors (Lipinski definition) is 1. The Hall–Kier alpha value is -2.37. The standard InChI is InChI=1S/C17H22FN3O2/c1-5-23-16-7-6-13(8-15(16)18)12(4)20-17(22)14-9-19-21(10-14)11(2)3/h6-12H,5H2,1-4H3,(H,20,22)/t12-/m1/s1. The van der Waals surface area contributed by atoms with Crippen LogP contribution in [0.15, 0.2) is 30.6 Å². The van der Waals surface area contributed by atoms with E-state index in [1.54, 1.807) is 36.9 Å². The topological polar surface area (TPSA) is 56.1 Å². The van der Waals surface area contributed by atoms with Crippen molar-refractivity contribution in [2.45, 2.75) is 39.8 Å². The Morgan fingerprint density at radius 2 is 2.13 bits per heavy atom. The Balaban J connectivity index is 2.07. The highest BCUT2D eigenvalue weighted by Gasteiger charge is 2.15. The van der Waals surface area contributed by atoms with Gasteiger partial charge in [-0.3, -0.25) is 9.48 Å². The molecule has 0 spiro atoms. The molecule has 0 unspecified atom stereocenters. The van der Waals surface area contributed by atoms with Crippen LogP contribution < -0.4 is 10.1 Å². The number of ether oxygens (including phenoxy) is 1. The second kappa shape index (κ2) is 7.26. The first-order valence-corrected chi connectivity index (χ1v) is 7.69. The lowest BCUT2D eigenvalue weighted by molar-refractivity contribution is 0.0939. The van der Waals surface area contributed by atoms with Gasteiger partial charge < -0.3 is 10.1 Å². The van der Waals surface area contributed by atoms with Crippen LogP contribution in [-0.2, 0) is 0 Å². The van der Waals surface area contributed by atoms with Gasteiger partial charge in [-0.2, -0.15) is 5.10 Å². The SMILES string of the molecule is CCOc1ccc([C@@H](C)NC(=O)c2cnn(C(C)C)c2)cc1F. The number of carbonyl (C=O) groups excluding carboxylic acids is 1. The fourth-order valence-corrected chi connectivity index (χ4v) is 2.16. The van der Waals surface area contributed by atoms with Gasteiger partial charge in [0.05, 0.1) is 24.4 Å². The fraction of sp³-hybridized carbons (Fsp3) is 0.412. The third-order valence-corrected chi connectivity index (χ3v) is 3.50. The predicted molar refractivity (Wildman–Crippen MR) is 86.1 cm³/mol. The first-order chi connectivity index (χ1) is 10.9. The molecule has 1 amide bonds. The lowest BCUT2D eigenvalue weighted by Gasteiger charge is -2.15. The van der Waals surface area contributed by atoms with Gasteiger partial charge in [-0.05, 0) is 45.4 Å². The molecule has 2 rings (SSSR count). The highest BCUT2D eigenvalue weighted by Crippen LogP contribution is 2.22. The Morgan fingerprint density at radius 1 is 1.39 bits per heavy atom. The molecule has 0 radical (unpaired) electrons. The van der Waals surface area contributed by atoms with Crippen LogP contribution in [0.4, 0.5) is 4.39 Å². The smallest absolute Gasteiger partial charge is 0.254 e. The number of amides is 1. The first-order valence-electron chi connectivity index (χ1n) is 7.69. The molecule has 6 heteroatoms. The van der Waals surface area contributed by atoms with Gasteiger partial charge in [0.25, 0.3) is 5.91 Å². The maximum absolute atomic E-state index is 13.9. The summed E-state index contributed by atoms with van der Waals surface area (Å²) in [5.41, 5.74) is 1.16. The van der Waals surface area contributed by atoms with Crippen molar-refractivity contribution in [3.8, 4) is 5.75 Å². The van der Waals surface area contributed by atoms with E-state index in [-0.39, 0.29) is 23.7 Å². The Kier molecular flexibility index (Phi) is 5.36. The third kappa shape index (κ3) is 4.09. The van der Waals surface area contributed by atoms with E-state index in [0.717, 1.165) is 0 Å². The molecular weight excluding hydrogens is 297 g/mol. The molecule has 2 aromatic rings. The van der Waals surface area contributed by atoms with E-state index in [9.17, 15) is 9.18 Å². The summed E-state index contributed by atoms with van der Waals surface area (Å²) in [5.74, 6) is -0.454. The summed E-state index contributed by atoms with van der Waals surface area (Å²) in [6.07, 6.45) is 3.23. The maximum Gasteiger partial charge on any atom is 0.254 e. The molecule has 1 N–H and O–H groups in total. The molecule has 5 nitrogen and oxygen atoms in total. The lowest BCUT2D eigenvalue weighted by atomic mass is 10.1. The molecule has 0 saturated heterocycles. The van der Waals surface area contributed by atoms with Crippen molar-refractivity contribution in [2.75, 3.05) is 6.61 Å². The second-order valence-corrected chi connectivity index (χ2v) is 5.62. The van der Waals surface area contributed by atoms with Gasteiger partial charge >= 0.3 is 0 Å². The molecule has 0 fully saturated rings. The minimum absolute atomic E-state index is 0.189. The van der Waals surface area contributed by atoms with E-state index in [2.05, 4.69) is 10.4 Å². The number of carbonyl (C=O) groups is 1. The van der Waals surface area contributed by atoms with Gasteiger partial charge in [-0.15, -0.1) is 0 Å². The van der Waals surface area contributed by atoms with Crippen molar-refractivity contribution >= 4 is 5.91 Å². The van der Waals surface area contributed by atoms with Crippen molar-refractivity contribution in [3.05, 3.63) is 47.5 Å². The van der Waals surface area contributed by atoms with Crippen molar-refractivity contribution in [1.29, 1.82) is 0 Å². The largest absolute Gasteiger partial charge is 0.491 e. The van der Waals surface area contributed by atoms with Crippen molar-refractivity contribution in [3.63, 3.8) is 0 Å². The lowest BCUT2D eigenvalue weighted by Crippen LogP contribution is -2.26. The van der Waals surface area contributed by atoms with Crippen LogP contribution in [-0.4, -0.2) is 22.3 Å². The number of halogens is 1. The van der Waals surface area contributed by atoms with E-state index in [4.69, 9.17) is 4.74 Å². The molecular formula is C17H22FN3O2. The average molecular weight is 319 g/mol. The Bertz CT molecular complexity index is 682. The number of nitrogens with one attached hydrogen (secondary N) is 1. The van der Waals surface area contributed by atoms with Gasteiger partial charge in [0.15, 0.2) is 11.6 Å². The minimum atomic E-state index is -0.432. The van der Waals surface area contributed by atoms with E-state index in [1.165, 1.54) is 12.3 Å². The monoisotopic (exact) mass is 319 g/mol. The summed E-state index contributed by atoms with van der Waals surface area (Å²) in [6, 6.07) is 4.57. The zero-order chi connectivity index (χ0) is 17.0. The summed E-state index contributed by atoms with van der Waals surface area (Å²) < 4.78 is 20.8. The quantitative estimate of drug-likeness (QED) is 0.886. The number of benzene rings is 1. The number of hydrogen-bond acceptors (Lipinski definition) is 3. The van der Waals surface area contributed by atoms with Crippen molar-refractivity contribution < 1.29 is 13.9 Å². The minimum Gasteiger partial charge on any atom is -0.491 e. The zero-order valence-electron chi connectivity index (χ0n) is 13.8. The van der Waals surface area contributed by atoms with Gasteiger partial charge in [-0.1, -0.05) is 6.07 Å². The van der Waals surface area contributed by atoms with Crippen LogP contribution >= 0.6 is 0 Å². The van der Waals surface area contributed by atoms with E-state index in [0.29, 0.717) is 17.7 Å². The molecule has 1 aromatic heterocycles. The third-order valence-electron chi connectivity index (χ3n) is 3.50. The van der Waals surface area contributed by atoms with Gasteiger partial charge in [0, 0.05) is 12.2 Å². The van der Waals surface area contributed by atoms with E-state index >= 15 is 0 Å². The molecule has 0 saturated carbocycles. The van der Waals surface area contributed by atoms with Crippen LogP contribution in [0.25, 0.3) is 0 Å². The molecule has 0 aliphatic rings. The van der Waals surface area contributed by atoms with E-state index < -0.39 is 5.82 Å². The number of rotatable bonds is 6. The highest BCUT2D eigenvalue weighted by atomic mass is 19.1. The Morgan fingerprint density at radius 3 is 2.70 bits per heavy atom. The molecule has 23 heavy (non-hydrogen) atoms. The number of aromatic nitrogens is 2. The predicted octanol–water partition coefficient (Wildman–Crippen LogP) is 3.49. The van der Waals surface area contributed by atoms with Crippen LogP contribution in [0, 0.1) is 5.82 Å². The van der Waals surface area contributed by atoms with Crippen LogP contribution in [0.5, 0.6) is 5.75 Å². The summed E-state index contributed by atoms with van der Waals surface area (Å²) in [4.78, 5) is 12.2. The molecule has 124 valence electrons. The molecule has 1 aromatic carbocycles.